The number of unbranched alkanes of at least 4 members (excludes halogenated alkanes) is 3. The number of anilines is 1. The van der Waals surface area contributed by atoms with Gasteiger partial charge in [0.1, 0.15) is 22.6 Å². The highest BCUT2D eigenvalue weighted by Crippen LogP contribution is 2.28. The average Bonchev–Trinajstić information content (AvgIpc) is 3.11. The van der Waals surface area contributed by atoms with Gasteiger partial charge in [-0.15, -0.1) is 0 Å². The van der Waals surface area contributed by atoms with Gasteiger partial charge in [-0.2, -0.15) is 9.78 Å². The quantitative estimate of drug-likeness (QED) is 0.294. The zero-order valence-corrected chi connectivity index (χ0v) is 18.9. The number of nitrogens with two attached hydrogens (primary N) is 1. The second-order valence-corrected chi connectivity index (χ2v) is 7.76. The lowest BCUT2D eigenvalue weighted by atomic mass is 10.2. The van der Waals surface area contributed by atoms with Crippen molar-refractivity contribution in [2.45, 2.75) is 32.6 Å². The number of nitrogens with one attached hydrogen (secondary N) is 1. The Labute approximate surface area is 192 Å². The molecule has 170 valence electrons. The monoisotopic (exact) mass is 444 g/mol. The van der Waals surface area contributed by atoms with E-state index in [2.05, 4.69) is 17.3 Å². The highest BCUT2D eigenvalue weighted by atomic mass is 16.5. The number of hydrogen-bond donors (Lipinski definition) is 2. The van der Waals surface area contributed by atoms with Crippen molar-refractivity contribution < 1.29 is 9.53 Å². The minimum absolute atomic E-state index is 0.192. The molecule has 0 fully saturated rings. The van der Waals surface area contributed by atoms with E-state index >= 15 is 0 Å². The largest absolute Gasteiger partial charge is 0.496 e. The third-order valence-corrected chi connectivity index (χ3v) is 5.47. The van der Waals surface area contributed by atoms with Crippen LogP contribution in [-0.4, -0.2) is 40.4 Å². The summed E-state index contributed by atoms with van der Waals surface area (Å²) in [6, 6.07) is 15.0. The van der Waals surface area contributed by atoms with Crippen LogP contribution in [0, 0.1) is 0 Å². The van der Waals surface area contributed by atoms with E-state index in [1.807, 2.05) is 48.5 Å². The molecule has 2 aromatic heterocycles. The standard InChI is InChI=1S/C25H28N6O2/c1-3-4-5-10-15-27-25(32)21-22-24(30-19-13-8-7-12-18(19)29-22)31(23(21)26)28-16-17-11-6-9-14-20(17)33-2/h6-9,11-14,16H,3-5,10,15,26H2,1-2H3,(H,27,32)/b28-16-. The summed E-state index contributed by atoms with van der Waals surface area (Å²) < 4.78 is 6.87. The minimum atomic E-state index is -0.273. The molecule has 0 unspecified atom stereocenters. The van der Waals surface area contributed by atoms with Crippen molar-refractivity contribution in [3.05, 3.63) is 59.7 Å². The number of rotatable bonds is 9. The Morgan fingerprint density at radius 3 is 2.58 bits per heavy atom. The summed E-state index contributed by atoms with van der Waals surface area (Å²) in [5.41, 5.74) is 9.74. The van der Waals surface area contributed by atoms with Crippen molar-refractivity contribution in [1.29, 1.82) is 0 Å². The zero-order valence-electron chi connectivity index (χ0n) is 18.9. The van der Waals surface area contributed by atoms with Crippen LogP contribution in [0.2, 0.25) is 0 Å². The molecule has 0 aliphatic carbocycles. The van der Waals surface area contributed by atoms with Crippen LogP contribution in [0.1, 0.15) is 48.5 Å². The number of nitrogens with zero attached hydrogens (tertiary/aromatic N) is 4. The average molecular weight is 445 g/mol. The molecule has 4 rings (SSSR count). The van der Waals surface area contributed by atoms with Crippen LogP contribution in [0.3, 0.4) is 0 Å². The summed E-state index contributed by atoms with van der Waals surface area (Å²) >= 11 is 0. The highest BCUT2D eigenvalue weighted by molar-refractivity contribution is 6.10. The maximum absolute atomic E-state index is 13.1. The van der Waals surface area contributed by atoms with E-state index in [4.69, 9.17) is 20.4 Å². The number of para-hydroxylation sites is 3. The molecule has 4 aromatic rings. The molecule has 33 heavy (non-hydrogen) atoms. The third kappa shape index (κ3) is 4.64. The van der Waals surface area contributed by atoms with Crippen LogP contribution in [0.15, 0.2) is 53.6 Å². The second kappa shape index (κ2) is 10.1. The molecular formula is C25H28N6O2. The fourth-order valence-electron chi connectivity index (χ4n) is 3.72. The molecular weight excluding hydrogens is 416 g/mol. The van der Waals surface area contributed by atoms with Crippen molar-refractivity contribution >= 4 is 40.1 Å². The lowest BCUT2D eigenvalue weighted by Gasteiger charge is -2.05. The van der Waals surface area contributed by atoms with E-state index in [0.717, 1.165) is 31.2 Å². The van der Waals surface area contributed by atoms with E-state index in [-0.39, 0.29) is 17.3 Å². The Balaban J connectivity index is 1.77. The second-order valence-electron chi connectivity index (χ2n) is 7.76. The SMILES string of the molecule is CCCCCCNC(=O)c1c(N)n(/N=C\c2ccccc2OC)c2nc3ccccc3nc12. The van der Waals surface area contributed by atoms with E-state index in [1.54, 1.807) is 13.3 Å². The lowest BCUT2D eigenvalue weighted by Crippen LogP contribution is -2.25. The summed E-state index contributed by atoms with van der Waals surface area (Å²) in [5.74, 6) is 0.597. The van der Waals surface area contributed by atoms with Gasteiger partial charge in [0.25, 0.3) is 5.91 Å². The van der Waals surface area contributed by atoms with Crippen molar-refractivity contribution in [1.82, 2.24) is 20.0 Å². The number of ether oxygens (including phenoxy) is 1. The van der Waals surface area contributed by atoms with Gasteiger partial charge in [0.15, 0.2) is 5.65 Å². The van der Waals surface area contributed by atoms with Crippen molar-refractivity contribution in [3.8, 4) is 5.75 Å². The summed E-state index contributed by atoms with van der Waals surface area (Å²) in [4.78, 5) is 22.5. The Hall–Kier alpha value is -3.94. The van der Waals surface area contributed by atoms with E-state index in [1.165, 1.54) is 4.68 Å². The van der Waals surface area contributed by atoms with Crippen molar-refractivity contribution in [3.63, 3.8) is 0 Å². The van der Waals surface area contributed by atoms with Crippen LogP contribution in [0.4, 0.5) is 5.82 Å². The van der Waals surface area contributed by atoms with Gasteiger partial charge in [0.2, 0.25) is 0 Å². The third-order valence-electron chi connectivity index (χ3n) is 5.47. The first kappa shape index (κ1) is 22.3. The van der Waals surface area contributed by atoms with Crippen LogP contribution in [0.25, 0.3) is 22.2 Å². The number of nitrogen functional groups attached to an aromatic ring is 1. The Morgan fingerprint density at radius 2 is 1.82 bits per heavy atom. The number of aromatic nitrogens is 3. The number of benzene rings is 2. The summed E-state index contributed by atoms with van der Waals surface area (Å²) in [6.07, 6.45) is 5.91. The summed E-state index contributed by atoms with van der Waals surface area (Å²) in [5, 5.41) is 7.52. The molecule has 2 aromatic carbocycles. The van der Waals surface area contributed by atoms with E-state index in [0.29, 0.717) is 34.5 Å². The van der Waals surface area contributed by atoms with Crippen molar-refractivity contribution in [2.75, 3.05) is 19.4 Å². The predicted molar refractivity (Wildman–Crippen MR) is 132 cm³/mol. The molecule has 0 aliphatic heterocycles. The Bertz CT molecular complexity index is 1310. The lowest BCUT2D eigenvalue weighted by molar-refractivity contribution is 0.0955. The van der Waals surface area contributed by atoms with Gasteiger partial charge in [-0.1, -0.05) is 50.5 Å². The van der Waals surface area contributed by atoms with Crippen LogP contribution in [0.5, 0.6) is 5.75 Å². The summed E-state index contributed by atoms with van der Waals surface area (Å²) in [7, 11) is 1.60. The van der Waals surface area contributed by atoms with Gasteiger partial charge in [-0.25, -0.2) is 9.97 Å². The Morgan fingerprint density at radius 1 is 1.09 bits per heavy atom. The number of carbonyl (C=O) groups excluding carboxylic acids is 1. The smallest absolute Gasteiger partial charge is 0.257 e. The van der Waals surface area contributed by atoms with Gasteiger partial charge in [0, 0.05) is 12.1 Å². The fraction of sp³-hybridized carbons (Fsp3) is 0.280. The molecule has 0 saturated carbocycles. The number of fused-ring (bicyclic) bond motifs is 2. The first-order valence-electron chi connectivity index (χ1n) is 11.2. The van der Waals surface area contributed by atoms with Gasteiger partial charge >= 0.3 is 0 Å². The van der Waals surface area contributed by atoms with Crippen molar-refractivity contribution in [2.24, 2.45) is 5.10 Å². The van der Waals surface area contributed by atoms with Gasteiger partial charge in [-0.05, 0) is 30.7 Å². The van der Waals surface area contributed by atoms with Gasteiger partial charge in [-0.3, -0.25) is 4.79 Å². The minimum Gasteiger partial charge on any atom is -0.496 e. The van der Waals surface area contributed by atoms with Gasteiger partial charge in [0.05, 0.1) is 24.4 Å². The van der Waals surface area contributed by atoms with Crippen LogP contribution in [-0.2, 0) is 0 Å². The first-order chi connectivity index (χ1) is 16.1. The predicted octanol–water partition coefficient (Wildman–Crippen LogP) is 4.37. The highest BCUT2D eigenvalue weighted by Gasteiger charge is 2.23. The van der Waals surface area contributed by atoms with Crippen LogP contribution >= 0.6 is 0 Å². The van der Waals surface area contributed by atoms with Crippen LogP contribution < -0.4 is 15.8 Å². The first-order valence-corrected chi connectivity index (χ1v) is 11.2. The summed E-state index contributed by atoms with van der Waals surface area (Å²) in [6.45, 7) is 2.74. The molecule has 0 aliphatic rings. The molecule has 8 nitrogen and oxygen atoms in total. The molecule has 0 atom stereocenters. The maximum Gasteiger partial charge on any atom is 0.257 e. The zero-order chi connectivity index (χ0) is 23.2. The molecule has 0 bridgehead atoms. The molecule has 3 N–H and O–H groups in total. The number of amides is 1. The molecule has 8 heteroatoms. The number of carbonyl (C=O) groups is 1. The Kier molecular flexibility index (Phi) is 6.83. The topological polar surface area (TPSA) is 107 Å². The molecule has 0 spiro atoms. The number of methoxy groups -OCH3 is 1. The van der Waals surface area contributed by atoms with E-state index < -0.39 is 0 Å². The molecule has 0 radical (unpaired) electrons. The molecule has 2 heterocycles. The normalized spacial score (nSPS) is 11.5. The van der Waals surface area contributed by atoms with Gasteiger partial charge < -0.3 is 15.8 Å². The van der Waals surface area contributed by atoms with E-state index in [9.17, 15) is 4.79 Å². The fourth-order valence-corrected chi connectivity index (χ4v) is 3.72. The maximum atomic E-state index is 13.1. The molecule has 1 amide bonds. The number of hydrogen-bond acceptors (Lipinski definition) is 6. The molecule has 0 saturated heterocycles.